The lowest BCUT2D eigenvalue weighted by Crippen LogP contribution is -2.01. The van der Waals surface area contributed by atoms with Gasteiger partial charge in [-0.1, -0.05) is 0 Å². The average Bonchev–Trinajstić information content (AvgIpc) is 2.22. The Morgan fingerprint density at radius 3 is 2.62 bits per heavy atom. The molecule has 2 heterocycles. The van der Waals surface area contributed by atoms with Gasteiger partial charge in [0.05, 0.1) is 5.69 Å². The first-order valence-electron chi connectivity index (χ1n) is 5.07. The van der Waals surface area contributed by atoms with Crippen LogP contribution < -0.4 is 11.1 Å². The molecule has 2 aromatic heterocycles. The van der Waals surface area contributed by atoms with Crippen LogP contribution in [0.15, 0.2) is 30.6 Å². The number of anilines is 3. The second-order valence-corrected chi connectivity index (χ2v) is 3.79. The van der Waals surface area contributed by atoms with Crippen LogP contribution in [-0.2, 0) is 0 Å². The maximum absolute atomic E-state index is 5.85. The Morgan fingerprint density at radius 1 is 1.12 bits per heavy atom. The minimum Gasteiger partial charge on any atom is -0.396 e. The molecular weight excluding hydrogens is 200 g/mol. The van der Waals surface area contributed by atoms with Gasteiger partial charge in [0.2, 0.25) is 0 Å². The van der Waals surface area contributed by atoms with Gasteiger partial charge in [-0.15, -0.1) is 0 Å². The highest BCUT2D eigenvalue weighted by molar-refractivity contribution is 5.67. The molecule has 0 radical (unpaired) electrons. The number of aryl methyl sites for hydroxylation is 2. The lowest BCUT2D eigenvalue weighted by molar-refractivity contribution is 1.22. The molecular formula is C12H14N4. The number of pyridine rings is 2. The topological polar surface area (TPSA) is 63.8 Å². The van der Waals surface area contributed by atoms with Crippen LogP contribution in [0.2, 0.25) is 0 Å². The van der Waals surface area contributed by atoms with Gasteiger partial charge in [0.25, 0.3) is 0 Å². The molecule has 0 aliphatic rings. The molecule has 0 aliphatic carbocycles. The Hall–Kier alpha value is -2.10. The molecule has 3 N–H and O–H groups in total. The van der Waals surface area contributed by atoms with E-state index in [0.29, 0.717) is 11.5 Å². The molecule has 0 amide bonds. The summed E-state index contributed by atoms with van der Waals surface area (Å²) in [5.74, 6) is 1.40. The number of nitrogen functional groups attached to an aromatic ring is 1. The standard InChI is InChI=1S/C12H14N4/c1-8-3-4-14-11(6-8)16-12-10(13)5-9(2)7-15-12/h3-7H,13H2,1-2H3,(H,14,15,16). The highest BCUT2D eigenvalue weighted by Gasteiger charge is 2.02. The molecule has 0 saturated carbocycles. The van der Waals surface area contributed by atoms with Gasteiger partial charge in [0.1, 0.15) is 5.82 Å². The van der Waals surface area contributed by atoms with Crippen LogP contribution in [0.4, 0.5) is 17.3 Å². The molecule has 0 aliphatic heterocycles. The molecule has 2 aromatic rings. The lowest BCUT2D eigenvalue weighted by Gasteiger charge is -2.08. The van der Waals surface area contributed by atoms with E-state index in [1.165, 1.54) is 0 Å². The summed E-state index contributed by atoms with van der Waals surface area (Å²) in [6, 6.07) is 5.77. The Bertz CT molecular complexity index is 508. The zero-order valence-electron chi connectivity index (χ0n) is 9.36. The number of nitrogens with two attached hydrogens (primary N) is 1. The molecule has 0 unspecified atom stereocenters. The van der Waals surface area contributed by atoms with Crippen molar-refractivity contribution < 1.29 is 0 Å². The molecule has 16 heavy (non-hydrogen) atoms. The molecule has 0 saturated heterocycles. The number of rotatable bonds is 2. The van der Waals surface area contributed by atoms with E-state index >= 15 is 0 Å². The van der Waals surface area contributed by atoms with E-state index in [4.69, 9.17) is 5.73 Å². The van der Waals surface area contributed by atoms with Gasteiger partial charge < -0.3 is 11.1 Å². The number of nitrogens with one attached hydrogen (secondary N) is 1. The van der Waals surface area contributed by atoms with Gasteiger partial charge in [0, 0.05) is 12.4 Å². The van der Waals surface area contributed by atoms with Crippen LogP contribution in [-0.4, -0.2) is 9.97 Å². The summed E-state index contributed by atoms with van der Waals surface area (Å²) < 4.78 is 0. The average molecular weight is 214 g/mol. The second kappa shape index (κ2) is 4.18. The first-order valence-corrected chi connectivity index (χ1v) is 5.07. The fourth-order valence-corrected chi connectivity index (χ4v) is 1.42. The number of hydrogen-bond acceptors (Lipinski definition) is 4. The van der Waals surface area contributed by atoms with Gasteiger partial charge in [-0.3, -0.25) is 0 Å². The molecule has 0 bridgehead atoms. The molecule has 82 valence electrons. The zero-order valence-corrected chi connectivity index (χ0v) is 9.36. The van der Waals surface area contributed by atoms with E-state index in [1.54, 1.807) is 12.4 Å². The smallest absolute Gasteiger partial charge is 0.154 e. The van der Waals surface area contributed by atoms with Gasteiger partial charge in [0.15, 0.2) is 5.82 Å². The third-order valence-corrected chi connectivity index (χ3v) is 2.22. The number of nitrogens with zero attached hydrogens (tertiary/aromatic N) is 2. The predicted octanol–water partition coefficient (Wildman–Crippen LogP) is 2.42. The summed E-state index contributed by atoms with van der Waals surface area (Å²) in [7, 11) is 0. The molecule has 0 spiro atoms. The summed E-state index contributed by atoms with van der Waals surface area (Å²) in [4.78, 5) is 8.42. The number of hydrogen-bond donors (Lipinski definition) is 2. The minimum absolute atomic E-state index is 0.628. The van der Waals surface area contributed by atoms with Crippen molar-refractivity contribution in [1.82, 2.24) is 9.97 Å². The van der Waals surface area contributed by atoms with Crippen molar-refractivity contribution in [1.29, 1.82) is 0 Å². The van der Waals surface area contributed by atoms with Gasteiger partial charge in [-0.05, 0) is 43.2 Å². The summed E-state index contributed by atoms with van der Waals surface area (Å²) in [5.41, 5.74) is 8.67. The summed E-state index contributed by atoms with van der Waals surface area (Å²) in [6.07, 6.45) is 3.52. The van der Waals surface area contributed by atoms with Gasteiger partial charge >= 0.3 is 0 Å². The van der Waals surface area contributed by atoms with E-state index in [2.05, 4.69) is 15.3 Å². The Labute approximate surface area is 94.5 Å². The van der Waals surface area contributed by atoms with Crippen molar-refractivity contribution in [2.45, 2.75) is 13.8 Å². The van der Waals surface area contributed by atoms with Crippen molar-refractivity contribution in [3.05, 3.63) is 41.7 Å². The lowest BCUT2D eigenvalue weighted by atomic mass is 10.2. The summed E-state index contributed by atoms with van der Waals surface area (Å²) in [6.45, 7) is 3.97. The zero-order chi connectivity index (χ0) is 11.5. The summed E-state index contributed by atoms with van der Waals surface area (Å²) >= 11 is 0. The van der Waals surface area contributed by atoms with E-state index in [0.717, 1.165) is 16.9 Å². The predicted molar refractivity (Wildman–Crippen MR) is 65.6 cm³/mol. The second-order valence-electron chi connectivity index (χ2n) is 3.79. The normalized spacial score (nSPS) is 10.1. The SMILES string of the molecule is Cc1ccnc(Nc2ncc(C)cc2N)c1. The van der Waals surface area contributed by atoms with E-state index < -0.39 is 0 Å². The third kappa shape index (κ3) is 2.28. The molecule has 2 rings (SSSR count). The highest BCUT2D eigenvalue weighted by Crippen LogP contribution is 2.20. The van der Waals surface area contributed by atoms with Crippen LogP contribution in [0.3, 0.4) is 0 Å². The van der Waals surface area contributed by atoms with Crippen LogP contribution in [0.1, 0.15) is 11.1 Å². The van der Waals surface area contributed by atoms with Crippen molar-refractivity contribution in [3.63, 3.8) is 0 Å². The van der Waals surface area contributed by atoms with Gasteiger partial charge in [-0.2, -0.15) is 0 Å². The largest absolute Gasteiger partial charge is 0.396 e. The van der Waals surface area contributed by atoms with Crippen LogP contribution in [0, 0.1) is 13.8 Å². The van der Waals surface area contributed by atoms with Crippen LogP contribution in [0.25, 0.3) is 0 Å². The fourth-order valence-electron chi connectivity index (χ4n) is 1.42. The van der Waals surface area contributed by atoms with Crippen LogP contribution in [0.5, 0.6) is 0 Å². The van der Waals surface area contributed by atoms with Crippen molar-refractivity contribution in [2.24, 2.45) is 0 Å². The minimum atomic E-state index is 0.628. The Balaban J connectivity index is 2.27. The van der Waals surface area contributed by atoms with E-state index in [1.807, 2.05) is 32.0 Å². The maximum Gasteiger partial charge on any atom is 0.154 e. The quantitative estimate of drug-likeness (QED) is 0.805. The summed E-state index contributed by atoms with van der Waals surface area (Å²) in [5, 5.41) is 3.09. The fraction of sp³-hybridized carbons (Fsp3) is 0.167. The Morgan fingerprint density at radius 2 is 1.94 bits per heavy atom. The first kappa shape index (κ1) is 10.4. The van der Waals surface area contributed by atoms with E-state index in [9.17, 15) is 0 Å². The molecule has 4 heteroatoms. The molecule has 4 nitrogen and oxygen atoms in total. The van der Waals surface area contributed by atoms with Gasteiger partial charge in [-0.25, -0.2) is 9.97 Å². The Kier molecular flexibility index (Phi) is 2.72. The van der Waals surface area contributed by atoms with Crippen molar-refractivity contribution >= 4 is 17.3 Å². The maximum atomic E-state index is 5.85. The monoisotopic (exact) mass is 214 g/mol. The molecule has 0 aromatic carbocycles. The van der Waals surface area contributed by atoms with E-state index in [-0.39, 0.29) is 0 Å². The molecule has 0 fully saturated rings. The third-order valence-electron chi connectivity index (χ3n) is 2.22. The van der Waals surface area contributed by atoms with Crippen LogP contribution >= 0.6 is 0 Å². The highest BCUT2D eigenvalue weighted by atomic mass is 15.1. The molecule has 0 atom stereocenters. The van der Waals surface area contributed by atoms with Crippen molar-refractivity contribution in [2.75, 3.05) is 11.1 Å². The first-order chi connectivity index (χ1) is 7.65. The van der Waals surface area contributed by atoms with Crippen molar-refractivity contribution in [3.8, 4) is 0 Å². The number of aromatic nitrogens is 2.